The molecule has 0 aliphatic carbocycles. The molecule has 2 aromatic carbocycles. The molecular formula is C15H8Cl3NO2S. The van der Waals surface area contributed by atoms with Gasteiger partial charge in [-0.15, -0.1) is 0 Å². The number of H-pyrrole nitrogens is 1. The zero-order valence-corrected chi connectivity index (χ0v) is 13.9. The van der Waals surface area contributed by atoms with Crippen molar-refractivity contribution in [1.82, 2.24) is 4.98 Å². The van der Waals surface area contributed by atoms with Gasteiger partial charge in [0.1, 0.15) is 5.69 Å². The first-order valence-electron chi connectivity index (χ1n) is 6.12. The predicted molar refractivity (Wildman–Crippen MR) is 90.9 cm³/mol. The molecule has 0 bridgehead atoms. The van der Waals surface area contributed by atoms with Gasteiger partial charge < -0.3 is 10.1 Å². The number of aromatic nitrogens is 1. The smallest absolute Gasteiger partial charge is 0.352 e. The molecule has 1 heterocycles. The van der Waals surface area contributed by atoms with Crippen LogP contribution in [0.25, 0.3) is 10.9 Å². The van der Waals surface area contributed by atoms with Gasteiger partial charge in [0.05, 0.1) is 5.02 Å². The number of fused-ring (bicyclic) bond motifs is 1. The molecule has 1 aromatic heterocycles. The average molecular weight is 373 g/mol. The number of rotatable bonds is 3. The van der Waals surface area contributed by atoms with E-state index in [0.29, 0.717) is 20.6 Å². The number of halogens is 3. The molecule has 0 saturated carbocycles. The lowest BCUT2D eigenvalue weighted by Gasteiger charge is -2.06. The van der Waals surface area contributed by atoms with Crippen LogP contribution in [0, 0.1) is 0 Å². The summed E-state index contributed by atoms with van der Waals surface area (Å²) in [7, 11) is 0. The number of hydrogen-bond acceptors (Lipinski definition) is 2. The average Bonchev–Trinajstić information content (AvgIpc) is 2.86. The Morgan fingerprint density at radius 2 is 1.77 bits per heavy atom. The van der Waals surface area contributed by atoms with Gasteiger partial charge in [0.15, 0.2) is 0 Å². The maximum Gasteiger partial charge on any atom is 0.352 e. The SMILES string of the molecule is O=C(O)c1cc2c(Sc3ccc(Cl)cc3Cl)cc(Cl)cc2[nH]1. The normalized spacial score (nSPS) is 11.0. The number of hydrogen-bond donors (Lipinski definition) is 2. The summed E-state index contributed by atoms with van der Waals surface area (Å²) < 4.78 is 0. The lowest BCUT2D eigenvalue weighted by molar-refractivity contribution is 0.0691. The lowest BCUT2D eigenvalue weighted by atomic mass is 10.2. The Morgan fingerprint density at radius 3 is 2.45 bits per heavy atom. The fourth-order valence-corrected chi connectivity index (χ4v) is 3.85. The van der Waals surface area contributed by atoms with Crippen LogP contribution in [0.4, 0.5) is 0 Å². The molecule has 0 aliphatic rings. The summed E-state index contributed by atoms with van der Waals surface area (Å²) in [5, 5.41) is 11.5. The van der Waals surface area contributed by atoms with Gasteiger partial charge in [-0.1, -0.05) is 46.6 Å². The topological polar surface area (TPSA) is 53.1 Å². The lowest BCUT2D eigenvalue weighted by Crippen LogP contribution is -1.94. The number of aromatic carboxylic acids is 1. The summed E-state index contributed by atoms with van der Waals surface area (Å²) in [5.41, 5.74) is 0.777. The van der Waals surface area contributed by atoms with E-state index in [9.17, 15) is 4.79 Å². The fourth-order valence-electron chi connectivity index (χ4n) is 2.05. The highest BCUT2D eigenvalue weighted by Gasteiger charge is 2.13. The van der Waals surface area contributed by atoms with Gasteiger partial charge in [0, 0.05) is 30.7 Å². The largest absolute Gasteiger partial charge is 0.477 e. The molecule has 0 spiro atoms. The van der Waals surface area contributed by atoms with Gasteiger partial charge in [0.25, 0.3) is 0 Å². The Morgan fingerprint density at radius 1 is 1.00 bits per heavy atom. The quantitative estimate of drug-likeness (QED) is 0.595. The van der Waals surface area contributed by atoms with E-state index in [1.54, 1.807) is 30.3 Å². The molecule has 0 atom stereocenters. The third kappa shape index (κ3) is 3.06. The van der Waals surface area contributed by atoms with Crippen molar-refractivity contribution in [2.24, 2.45) is 0 Å². The fraction of sp³-hybridized carbons (Fsp3) is 0. The van der Waals surface area contributed by atoms with Crippen LogP contribution >= 0.6 is 46.6 Å². The zero-order valence-electron chi connectivity index (χ0n) is 10.9. The maximum absolute atomic E-state index is 11.1. The van der Waals surface area contributed by atoms with E-state index < -0.39 is 5.97 Å². The van der Waals surface area contributed by atoms with Gasteiger partial charge in [0.2, 0.25) is 0 Å². The minimum atomic E-state index is -1.02. The van der Waals surface area contributed by atoms with Gasteiger partial charge in [-0.05, 0) is 36.4 Å². The minimum absolute atomic E-state index is 0.112. The maximum atomic E-state index is 11.1. The van der Waals surface area contributed by atoms with Crippen LogP contribution in [0.3, 0.4) is 0 Å². The third-order valence-corrected chi connectivity index (χ3v) is 5.02. The number of carboxylic acid groups (broad SMARTS) is 1. The van der Waals surface area contributed by atoms with Gasteiger partial charge in [-0.25, -0.2) is 4.79 Å². The Balaban J connectivity index is 2.11. The Kier molecular flexibility index (Phi) is 4.28. The van der Waals surface area contributed by atoms with Crippen molar-refractivity contribution in [3.63, 3.8) is 0 Å². The van der Waals surface area contributed by atoms with Crippen molar-refractivity contribution in [3.8, 4) is 0 Å². The highest BCUT2D eigenvalue weighted by molar-refractivity contribution is 7.99. The van der Waals surface area contributed by atoms with Crippen LogP contribution < -0.4 is 0 Å². The van der Waals surface area contributed by atoms with Crippen molar-refractivity contribution >= 4 is 63.4 Å². The molecule has 0 amide bonds. The summed E-state index contributed by atoms with van der Waals surface area (Å²) in [5.74, 6) is -1.02. The number of aromatic amines is 1. The Hall–Kier alpha value is -1.33. The van der Waals surface area contributed by atoms with Crippen molar-refractivity contribution in [3.05, 3.63) is 57.2 Å². The van der Waals surface area contributed by atoms with Crippen LogP contribution in [-0.2, 0) is 0 Å². The molecule has 0 aliphatic heterocycles. The molecule has 0 fully saturated rings. The van der Waals surface area contributed by atoms with E-state index in [1.165, 1.54) is 11.8 Å². The molecule has 7 heteroatoms. The van der Waals surface area contributed by atoms with Gasteiger partial charge in [-0.3, -0.25) is 0 Å². The second-order valence-corrected chi connectivity index (χ2v) is 6.89. The zero-order chi connectivity index (χ0) is 15.9. The summed E-state index contributed by atoms with van der Waals surface area (Å²) in [6.45, 7) is 0. The van der Waals surface area contributed by atoms with Crippen molar-refractivity contribution < 1.29 is 9.90 Å². The van der Waals surface area contributed by atoms with E-state index in [1.807, 2.05) is 6.07 Å². The molecule has 0 saturated heterocycles. The molecule has 2 N–H and O–H groups in total. The first-order valence-corrected chi connectivity index (χ1v) is 8.07. The van der Waals surface area contributed by atoms with Crippen molar-refractivity contribution in [2.45, 2.75) is 9.79 Å². The van der Waals surface area contributed by atoms with Gasteiger partial charge >= 0.3 is 5.97 Å². The number of nitrogens with one attached hydrogen (secondary N) is 1. The molecule has 112 valence electrons. The minimum Gasteiger partial charge on any atom is -0.477 e. The molecule has 3 rings (SSSR count). The summed E-state index contributed by atoms with van der Waals surface area (Å²) in [4.78, 5) is 15.6. The van der Waals surface area contributed by atoms with Crippen molar-refractivity contribution in [1.29, 1.82) is 0 Å². The predicted octanol–water partition coefficient (Wildman–Crippen LogP) is 5.98. The van der Waals surface area contributed by atoms with E-state index in [2.05, 4.69) is 4.98 Å². The third-order valence-electron chi connectivity index (χ3n) is 3.01. The number of carbonyl (C=O) groups is 1. The first kappa shape index (κ1) is 15.6. The Labute approximate surface area is 145 Å². The van der Waals surface area contributed by atoms with Crippen molar-refractivity contribution in [2.75, 3.05) is 0 Å². The molecule has 0 radical (unpaired) electrons. The monoisotopic (exact) mass is 371 g/mol. The van der Waals surface area contributed by atoms with E-state index in [4.69, 9.17) is 39.9 Å². The number of carboxylic acids is 1. The Bertz CT molecular complexity index is 892. The standard InChI is InChI=1S/C15H8Cl3NO2S/c16-7-1-2-13(10(18)3-7)22-14-5-8(17)4-11-9(14)6-12(19-11)15(20)21/h1-6,19H,(H,20,21). The summed E-state index contributed by atoms with van der Waals surface area (Å²) >= 11 is 19.6. The number of benzene rings is 2. The van der Waals surface area contributed by atoms with Crippen LogP contribution in [0.5, 0.6) is 0 Å². The highest BCUT2D eigenvalue weighted by Crippen LogP contribution is 2.39. The van der Waals surface area contributed by atoms with E-state index in [0.717, 1.165) is 15.2 Å². The summed E-state index contributed by atoms with van der Waals surface area (Å²) in [6, 6.07) is 10.3. The van der Waals surface area contributed by atoms with Crippen LogP contribution in [0.1, 0.15) is 10.5 Å². The molecule has 0 unspecified atom stereocenters. The van der Waals surface area contributed by atoms with Gasteiger partial charge in [-0.2, -0.15) is 0 Å². The second-order valence-electron chi connectivity index (χ2n) is 4.53. The second kappa shape index (κ2) is 6.05. The summed E-state index contributed by atoms with van der Waals surface area (Å²) in [6.07, 6.45) is 0. The molecule has 3 aromatic rings. The highest BCUT2D eigenvalue weighted by atomic mass is 35.5. The van der Waals surface area contributed by atoms with E-state index in [-0.39, 0.29) is 5.69 Å². The molecule has 22 heavy (non-hydrogen) atoms. The molecule has 3 nitrogen and oxygen atoms in total. The van der Waals surface area contributed by atoms with E-state index >= 15 is 0 Å². The molecular weight excluding hydrogens is 365 g/mol. The van der Waals surface area contributed by atoms with Crippen LogP contribution in [0.2, 0.25) is 15.1 Å². The van der Waals surface area contributed by atoms with Crippen LogP contribution in [0.15, 0.2) is 46.2 Å². The first-order chi connectivity index (χ1) is 10.4. The van der Waals surface area contributed by atoms with Crippen LogP contribution in [-0.4, -0.2) is 16.1 Å².